The average molecular weight is 398 g/mol. The minimum Gasteiger partial charge on any atom is -0.489 e. The summed E-state index contributed by atoms with van der Waals surface area (Å²) in [6.07, 6.45) is 0. The number of anilines is 1. The van der Waals surface area contributed by atoms with Gasteiger partial charge in [-0.05, 0) is 24.5 Å². The highest BCUT2D eigenvalue weighted by Gasteiger charge is 2.29. The molecule has 5 nitrogen and oxygen atoms in total. The van der Waals surface area contributed by atoms with Crippen molar-refractivity contribution in [2.24, 2.45) is 0 Å². The van der Waals surface area contributed by atoms with Crippen LogP contribution in [0.25, 0.3) is 0 Å². The molecule has 1 aromatic carbocycles. The average Bonchev–Trinajstić information content (AvgIpc) is 2.52. The number of halogens is 1. The zero-order valence-corrected chi connectivity index (χ0v) is 16.2. The third-order valence-corrected chi connectivity index (χ3v) is 4.40. The lowest BCUT2D eigenvalue weighted by molar-refractivity contribution is -0.141. The lowest BCUT2D eigenvalue weighted by Crippen LogP contribution is -2.38. The molecular weight excluding hydrogens is 374 g/mol. The highest BCUT2D eigenvalue weighted by atomic mass is 79.9. The molecule has 132 valence electrons. The van der Waals surface area contributed by atoms with E-state index in [1.165, 1.54) is 0 Å². The zero-order valence-electron chi connectivity index (χ0n) is 14.6. The van der Waals surface area contributed by atoms with Gasteiger partial charge in [0.15, 0.2) is 5.78 Å². The molecule has 0 spiro atoms. The fraction of sp³-hybridized carbons (Fsp3) is 0.556. The highest BCUT2D eigenvalue weighted by Crippen LogP contribution is 2.42. The summed E-state index contributed by atoms with van der Waals surface area (Å²) in [5, 5.41) is 0.258. The molecule has 0 saturated heterocycles. The first-order chi connectivity index (χ1) is 11.3. The first-order valence-electron chi connectivity index (χ1n) is 8.09. The first-order valence-corrected chi connectivity index (χ1v) is 9.21. The van der Waals surface area contributed by atoms with Crippen molar-refractivity contribution in [3.05, 3.63) is 23.3 Å². The number of carbonyl (C=O) groups is 2. The van der Waals surface area contributed by atoms with E-state index in [-0.39, 0.29) is 29.0 Å². The summed E-state index contributed by atoms with van der Waals surface area (Å²) in [7, 11) is 0. The van der Waals surface area contributed by atoms with Crippen LogP contribution in [0.4, 0.5) is 5.69 Å². The Kier molecular flexibility index (Phi) is 5.91. The summed E-state index contributed by atoms with van der Waals surface area (Å²) in [6.45, 7) is 9.62. The molecule has 0 amide bonds. The number of nitrogens with zero attached hydrogens (tertiary/aromatic N) is 1. The normalized spacial score (nSPS) is 14.0. The lowest BCUT2D eigenvalue weighted by atomic mass is 9.84. The van der Waals surface area contributed by atoms with Gasteiger partial charge in [0.1, 0.15) is 18.9 Å². The summed E-state index contributed by atoms with van der Waals surface area (Å²) in [5.74, 6) is 0.481. The molecule has 2 rings (SSSR count). The Labute approximate surface area is 151 Å². The van der Waals surface area contributed by atoms with E-state index in [2.05, 4.69) is 36.7 Å². The van der Waals surface area contributed by atoms with E-state index in [4.69, 9.17) is 9.47 Å². The van der Waals surface area contributed by atoms with Gasteiger partial charge in [-0.25, -0.2) is 0 Å². The number of ketones is 1. The van der Waals surface area contributed by atoms with Crippen LogP contribution in [-0.2, 0) is 14.9 Å². The van der Waals surface area contributed by atoms with Crippen LogP contribution in [-0.4, -0.2) is 43.4 Å². The molecule has 0 aliphatic carbocycles. The number of Topliss-reactive ketones (excluding diaryl/α,β-unsaturated/α-hetero) is 1. The number of hydrogen-bond donors (Lipinski definition) is 0. The maximum Gasteiger partial charge on any atom is 0.325 e. The van der Waals surface area contributed by atoms with Crippen LogP contribution in [0.3, 0.4) is 0 Å². The summed E-state index contributed by atoms with van der Waals surface area (Å²) >= 11 is 3.23. The maximum absolute atomic E-state index is 12.2. The summed E-state index contributed by atoms with van der Waals surface area (Å²) in [4.78, 5) is 26.0. The summed E-state index contributed by atoms with van der Waals surface area (Å²) < 4.78 is 11.0. The molecule has 0 N–H and O–H groups in total. The Morgan fingerprint density at radius 2 is 2.04 bits per heavy atom. The quantitative estimate of drug-likeness (QED) is 0.433. The maximum atomic E-state index is 12.2. The molecule has 1 aromatic rings. The molecule has 0 unspecified atom stereocenters. The molecule has 0 saturated carbocycles. The molecule has 0 fully saturated rings. The third kappa shape index (κ3) is 4.09. The van der Waals surface area contributed by atoms with E-state index >= 15 is 0 Å². The van der Waals surface area contributed by atoms with Gasteiger partial charge in [-0.2, -0.15) is 0 Å². The van der Waals surface area contributed by atoms with Crippen molar-refractivity contribution in [2.75, 3.05) is 36.5 Å². The van der Waals surface area contributed by atoms with Crippen molar-refractivity contribution >= 4 is 33.4 Å². The van der Waals surface area contributed by atoms with Gasteiger partial charge < -0.3 is 14.4 Å². The van der Waals surface area contributed by atoms with E-state index in [1.54, 1.807) is 6.92 Å². The van der Waals surface area contributed by atoms with Gasteiger partial charge in [0.2, 0.25) is 0 Å². The lowest BCUT2D eigenvalue weighted by Gasteiger charge is -2.34. The molecular formula is C18H24BrNO4. The minimum absolute atomic E-state index is 0.00459. The van der Waals surface area contributed by atoms with Crippen LogP contribution in [0.5, 0.6) is 5.75 Å². The van der Waals surface area contributed by atoms with Gasteiger partial charge in [-0.3, -0.25) is 9.59 Å². The van der Waals surface area contributed by atoms with E-state index in [0.29, 0.717) is 25.3 Å². The van der Waals surface area contributed by atoms with Crippen LogP contribution >= 0.6 is 15.9 Å². The van der Waals surface area contributed by atoms with Crippen LogP contribution in [0.15, 0.2) is 12.1 Å². The largest absolute Gasteiger partial charge is 0.489 e. The van der Waals surface area contributed by atoms with Gasteiger partial charge in [0, 0.05) is 11.1 Å². The van der Waals surface area contributed by atoms with Crippen molar-refractivity contribution in [3.8, 4) is 5.75 Å². The molecule has 1 aliphatic rings. The second kappa shape index (κ2) is 7.55. The van der Waals surface area contributed by atoms with Crippen molar-refractivity contribution in [3.63, 3.8) is 0 Å². The Balaban J connectivity index is 2.51. The summed E-state index contributed by atoms with van der Waals surface area (Å²) in [5.41, 5.74) is 2.19. The monoisotopic (exact) mass is 397 g/mol. The van der Waals surface area contributed by atoms with Crippen LogP contribution in [0.1, 0.15) is 43.6 Å². The smallest absolute Gasteiger partial charge is 0.325 e. The standard InChI is InChI=1S/C18H24BrNO4/c1-5-23-16(22)11-20-6-7-24-17-13(18(2,3)4)8-12(9-14(17)20)15(21)10-19/h8-9H,5-7,10-11H2,1-4H3. The number of rotatable bonds is 5. The molecule has 1 heterocycles. The Morgan fingerprint density at radius 3 is 2.62 bits per heavy atom. The summed E-state index contributed by atoms with van der Waals surface area (Å²) in [6, 6.07) is 3.71. The Hall–Kier alpha value is -1.56. The number of carbonyl (C=O) groups excluding carboxylic acids is 2. The fourth-order valence-electron chi connectivity index (χ4n) is 2.70. The topological polar surface area (TPSA) is 55.8 Å². The molecule has 0 aromatic heterocycles. The number of benzene rings is 1. The minimum atomic E-state index is -0.278. The SMILES string of the molecule is CCOC(=O)CN1CCOc2c1cc(C(=O)CBr)cc2C(C)(C)C. The second-order valence-electron chi connectivity index (χ2n) is 6.75. The fourth-order valence-corrected chi connectivity index (χ4v) is 3.02. The van der Waals surface area contributed by atoms with Crippen molar-refractivity contribution in [1.29, 1.82) is 0 Å². The van der Waals surface area contributed by atoms with Crippen molar-refractivity contribution < 1.29 is 19.1 Å². The van der Waals surface area contributed by atoms with Crippen LogP contribution in [0, 0.1) is 0 Å². The zero-order chi connectivity index (χ0) is 17.9. The predicted molar refractivity (Wildman–Crippen MR) is 97.6 cm³/mol. The van der Waals surface area contributed by atoms with E-state index in [9.17, 15) is 9.59 Å². The Bertz CT molecular complexity index is 637. The predicted octanol–water partition coefficient (Wildman–Crippen LogP) is 3.32. The van der Waals surface area contributed by atoms with Gasteiger partial charge in [-0.1, -0.05) is 36.7 Å². The van der Waals surface area contributed by atoms with Crippen molar-refractivity contribution in [2.45, 2.75) is 33.1 Å². The first kappa shape index (κ1) is 18.8. The molecule has 24 heavy (non-hydrogen) atoms. The van der Waals surface area contributed by atoms with Gasteiger partial charge in [-0.15, -0.1) is 0 Å². The van der Waals surface area contributed by atoms with Gasteiger partial charge in [0.05, 0.1) is 24.2 Å². The van der Waals surface area contributed by atoms with E-state index in [0.717, 1.165) is 17.0 Å². The number of fused-ring (bicyclic) bond motifs is 1. The van der Waals surface area contributed by atoms with Crippen molar-refractivity contribution in [1.82, 2.24) is 0 Å². The molecule has 0 atom stereocenters. The molecule has 0 radical (unpaired) electrons. The molecule has 6 heteroatoms. The number of hydrogen-bond acceptors (Lipinski definition) is 5. The highest BCUT2D eigenvalue weighted by molar-refractivity contribution is 9.09. The molecule has 0 bridgehead atoms. The Morgan fingerprint density at radius 1 is 1.33 bits per heavy atom. The van der Waals surface area contributed by atoms with E-state index < -0.39 is 0 Å². The number of esters is 1. The van der Waals surface area contributed by atoms with Crippen LogP contribution < -0.4 is 9.64 Å². The third-order valence-electron chi connectivity index (χ3n) is 3.89. The number of ether oxygens (including phenoxy) is 2. The second-order valence-corrected chi connectivity index (χ2v) is 7.31. The molecule has 1 aliphatic heterocycles. The van der Waals surface area contributed by atoms with Gasteiger partial charge >= 0.3 is 5.97 Å². The number of alkyl halides is 1. The van der Waals surface area contributed by atoms with E-state index in [1.807, 2.05) is 17.0 Å². The van der Waals surface area contributed by atoms with Crippen LogP contribution in [0.2, 0.25) is 0 Å². The van der Waals surface area contributed by atoms with Gasteiger partial charge in [0.25, 0.3) is 0 Å².